The Morgan fingerprint density at radius 2 is 1.94 bits per heavy atom. The summed E-state index contributed by atoms with van der Waals surface area (Å²) in [7, 11) is 0. The van der Waals surface area contributed by atoms with E-state index >= 15 is 0 Å². The minimum atomic E-state index is -0.150. The summed E-state index contributed by atoms with van der Waals surface area (Å²) in [6.45, 7) is 2.23. The Hall–Kier alpha value is -1.55. The number of anilines is 2. The van der Waals surface area contributed by atoms with Crippen LogP contribution in [0.2, 0.25) is 0 Å². The Balaban J connectivity index is 2.07. The number of carbonyl (C=O) groups is 1. The van der Waals surface area contributed by atoms with Crippen molar-refractivity contribution in [1.29, 1.82) is 0 Å². The molecule has 1 aromatic rings. The normalized spacial score (nSPS) is 16.2. The van der Waals surface area contributed by atoms with Crippen molar-refractivity contribution in [2.75, 3.05) is 29.9 Å². The highest BCUT2D eigenvalue weighted by atomic mass is 16.1. The van der Waals surface area contributed by atoms with Crippen molar-refractivity contribution >= 4 is 17.3 Å². The molecule has 1 aliphatic heterocycles. The SMILES string of the molecule is NCC(=O)Nc1cccc(N2CCCCCC2)c1. The summed E-state index contributed by atoms with van der Waals surface area (Å²) in [6, 6.07) is 8.00. The molecule has 1 aromatic carbocycles. The van der Waals surface area contributed by atoms with Gasteiger partial charge >= 0.3 is 0 Å². The van der Waals surface area contributed by atoms with Gasteiger partial charge < -0.3 is 16.0 Å². The van der Waals surface area contributed by atoms with Gasteiger partial charge in [-0.15, -0.1) is 0 Å². The lowest BCUT2D eigenvalue weighted by atomic mass is 10.2. The third-order valence-corrected chi connectivity index (χ3v) is 3.29. The second kappa shape index (κ2) is 6.40. The van der Waals surface area contributed by atoms with Gasteiger partial charge in [-0.2, -0.15) is 0 Å². The topological polar surface area (TPSA) is 58.4 Å². The average Bonchev–Trinajstić information content (AvgIpc) is 2.68. The minimum Gasteiger partial charge on any atom is -0.371 e. The first-order chi connectivity index (χ1) is 8.79. The lowest BCUT2D eigenvalue weighted by molar-refractivity contribution is -0.114. The molecule has 0 aromatic heterocycles. The molecule has 1 aliphatic rings. The largest absolute Gasteiger partial charge is 0.371 e. The molecule has 1 fully saturated rings. The van der Waals surface area contributed by atoms with E-state index in [-0.39, 0.29) is 12.5 Å². The fourth-order valence-electron chi connectivity index (χ4n) is 2.32. The minimum absolute atomic E-state index is 0.0218. The van der Waals surface area contributed by atoms with E-state index in [2.05, 4.69) is 16.3 Å². The van der Waals surface area contributed by atoms with Gasteiger partial charge in [0, 0.05) is 24.5 Å². The highest BCUT2D eigenvalue weighted by molar-refractivity contribution is 5.92. The van der Waals surface area contributed by atoms with E-state index in [9.17, 15) is 4.79 Å². The number of amides is 1. The van der Waals surface area contributed by atoms with Crippen molar-refractivity contribution < 1.29 is 4.79 Å². The highest BCUT2D eigenvalue weighted by Gasteiger charge is 2.10. The van der Waals surface area contributed by atoms with E-state index in [1.54, 1.807) is 0 Å². The monoisotopic (exact) mass is 247 g/mol. The zero-order chi connectivity index (χ0) is 12.8. The predicted molar refractivity (Wildman–Crippen MR) is 74.8 cm³/mol. The molecule has 1 saturated heterocycles. The number of nitrogens with two attached hydrogens (primary N) is 1. The van der Waals surface area contributed by atoms with Gasteiger partial charge in [0.05, 0.1) is 6.54 Å². The second-order valence-corrected chi connectivity index (χ2v) is 4.70. The summed E-state index contributed by atoms with van der Waals surface area (Å²) < 4.78 is 0. The van der Waals surface area contributed by atoms with Gasteiger partial charge in [-0.25, -0.2) is 0 Å². The van der Waals surface area contributed by atoms with Crippen LogP contribution in [0, 0.1) is 0 Å². The Kier molecular flexibility index (Phi) is 4.59. The van der Waals surface area contributed by atoms with Crippen molar-refractivity contribution in [3.8, 4) is 0 Å². The molecule has 0 aliphatic carbocycles. The first-order valence-corrected chi connectivity index (χ1v) is 6.64. The van der Waals surface area contributed by atoms with Gasteiger partial charge in [0.1, 0.15) is 0 Å². The van der Waals surface area contributed by atoms with Crippen LogP contribution in [0.25, 0.3) is 0 Å². The van der Waals surface area contributed by atoms with E-state index < -0.39 is 0 Å². The highest BCUT2D eigenvalue weighted by Crippen LogP contribution is 2.22. The maximum absolute atomic E-state index is 11.3. The lowest BCUT2D eigenvalue weighted by Gasteiger charge is -2.23. The van der Waals surface area contributed by atoms with Gasteiger partial charge in [-0.3, -0.25) is 4.79 Å². The Labute approximate surface area is 108 Å². The summed E-state index contributed by atoms with van der Waals surface area (Å²) in [5.41, 5.74) is 7.31. The molecule has 0 saturated carbocycles. The molecule has 0 unspecified atom stereocenters. The Bertz CT molecular complexity index is 398. The Morgan fingerprint density at radius 1 is 1.22 bits per heavy atom. The summed E-state index contributed by atoms with van der Waals surface area (Å²) in [5, 5.41) is 2.80. The molecular formula is C14H21N3O. The van der Waals surface area contributed by atoms with Crippen molar-refractivity contribution in [2.45, 2.75) is 25.7 Å². The van der Waals surface area contributed by atoms with Crippen molar-refractivity contribution in [3.05, 3.63) is 24.3 Å². The zero-order valence-electron chi connectivity index (χ0n) is 10.7. The van der Waals surface area contributed by atoms with E-state index in [1.165, 1.54) is 31.4 Å². The molecule has 4 heteroatoms. The predicted octanol–water partition coefficient (Wildman–Crippen LogP) is 1.96. The molecule has 2 rings (SSSR count). The van der Waals surface area contributed by atoms with Gasteiger partial charge in [0.2, 0.25) is 5.91 Å². The standard InChI is InChI=1S/C14H21N3O/c15-11-14(18)16-12-6-5-7-13(10-12)17-8-3-1-2-4-9-17/h5-7,10H,1-4,8-9,11,15H2,(H,16,18). The lowest BCUT2D eigenvalue weighted by Crippen LogP contribution is -2.24. The van der Waals surface area contributed by atoms with Gasteiger partial charge in [0.25, 0.3) is 0 Å². The smallest absolute Gasteiger partial charge is 0.238 e. The molecule has 18 heavy (non-hydrogen) atoms. The maximum Gasteiger partial charge on any atom is 0.238 e. The summed E-state index contributed by atoms with van der Waals surface area (Å²) >= 11 is 0. The summed E-state index contributed by atoms with van der Waals surface area (Å²) in [5.74, 6) is -0.150. The van der Waals surface area contributed by atoms with Crippen molar-refractivity contribution in [1.82, 2.24) is 0 Å². The number of hydrogen-bond acceptors (Lipinski definition) is 3. The van der Waals surface area contributed by atoms with Gasteiger partial charge in [0.15, 0.2) is 0 Å². The van der Waals surface area contributed by atoms with E-state index in [1.807, 2.05) is 18.2 Å². The molecule has 0 spiro atoms. The van der Waals surface area contributed by atoms with Crippen LogP contribution in [0.15, 0.2) is 24.3 Å². The fraction of sp³-hybridized carbons (Fsp3) is 0.500. The van der Waals surface area contributed by atoms with E-state index in [4.69, 9.17) is 5.73 Å². The van der Waals surface area contributed by atoms with Crippen LogP contribution in [0.3, 0.4) is 0 Å². The number of carbonyl (C=O) groups excluding carboxylic acids is 1. The van der Waals surface area contributed by atoms with Crippen molar-refractivity contribution in [2.24, 2.45) is 5.73 Å². The molecule has 98 valence electrons. The average molecular weight is 247 g/mol. The zero-order valence-corrected chi connectivity index (χ0v) is 10.7. The maximum atomic E-state index is 11.3. The van der Waals surface area contributed by atoms with Crippen LogP contribution < -0.4 is 16.0 Å². The number of rotatable bonds is 3. The molecule has 0 radical (unpaired) electrons. The first-order valence-electron chi connectivity index (χ1n) is 6.64. The van der Waals surface area contributed by atoms with Crippen LogP contribution in [-0.4, -0.2) is 25.5 Å². The number of hydrogen-bond donors (Lipinski definition) is 2. The molecule has 0 atom stereocenters. The quantitative estimate of drug-likeness (QED) is 0.858. The van der Waals surface area contributed by atoms with Crippen molar-refractivity contribution in [3.63, 3.8) is 0 Å². The molecule has 1 amide bonds. The fourth-order valence-corrected chi connectivity index (χ4v) is 2.32. The van der Waals surface area contributed by atoms with E-state index in [0.717, 1.165) is 18.8 Å². The molecule has 0 bridgehead atoms. The van der Waals surface area contributed by atoms with Gasteiger partial charge in [-0.05, 0) is 31.0 Å². The third-order valence-electron chi connectivity index (χ3n) is 3.29. The van der Waals surface area contributed by atoms with E-state index in [0.29, 0.717) is 0 Å². The second-order valence-electron chi connectivity index (χ2n) is 4.70. The number of nitrogens with zero attached hydrogens (tertiary/aromatic N) is 1. The molecule has 1 heterocycles. The molecule has 4 nitrogen and oxygen atoms in total. The van der Waals surface area contributed by atoms with Gasteiger partial charge in [-0.1, -0.05) is 18.9 Å². The summed E-state index contributed by atoms with van der Waals surface area (Å²) in [4.78, 5) is 13.7. The van der Waals surface area contributed by atoms with Crippen LogP contribution >= 0.6 is 0 Å². The molecule has 3 N–H and O–H groups in total. The first kappa shape index (κ1) is 12.9. The van der Waals surface area contributed by atoms with Crippen LogP contribution in [-0.2, 0) is 4.79 Å². The Morgan fingerprint density at radius 3 is 2.61 bits per heavy atom. The van der Waals surface area contributed by atoms with Crippen LogP contribution in [0.1, 0.15) is 25.7 Å². The number of nitrogens with one attached hydrogen (secondary N) is 1. The summed E-state index contributed by atoms with van der Waals surface area (Å²) in [6.07, 6.45) is 5.14. The van der Waals surface area contributed by atoms with Crippen LogP contribution in [0.5, 0.6) is 0 Å². The van der Waals surface area contributed by atoms with Crippen LogP contribution in [0.4, 0.5) is 11.4 Å². The molecular weight excluding hydrogens is 226 g/mol. The number of benzene rings is 1. The third kappa shape index (κ3) is 3.47.